The molecule has 0 bridgehead atoms. The molecular formula is C13H16N4O4. The second-order valence-electron chi connectivity index (χ2n) is 4.54. The molecule has 2 heterocycles. The predicted octanol–water partition coefficient (Wildman–Crippen LogP) is 1.35. The molecule has 2 aromatic heterocycles. The molecule has 0 aliphatic carbocycles. The van der Waals surface area contributed by atoms with Gasteiger partial charge in [-0.25, -0.2) is 14.6 Å². The summed E-state index contributed by atoms with van der Waals surface area (Å²) in [5, 5.41) is 11.6. The van der Waals surface area contributed by atoms with E-state index in [1.165, 1.54) is 11.0 Å². The van der Waals surface area contributed by atoms with Crippen LogP contribution in [0.3, 0.4) is 0 Å². The molecule has 0 aromatic carbocycles. The fourth-order valence-electron chi connectivity index (χ4n) is 1.82. The normalized spacial score (nSPS) is 10.4. The van der Waals surface area contributed by atoms with Crippen LogP contribution in [-0.2, 0) is 13.1 Å². The van der Waals surface area contributed by atoms with E-state index in [1.807, 2.05) is 0 Å². The number of nitrogens with zero attached hydrogens (tertiary/aromatic N) is 2. The smallest absolute Gasteiger partial charge is 0.339 e. The van der Waals surface area contributed by atoms with Crippen molar-refractivity contribution in [2.75, 3.05) is 7.05 Å². The molecule has 2 rings (SSSR count). The lowest BCUT2D eigenvalue weighted by molar-refractivity contribution is 0.0695. The van der Waals surface area contributed by atoms with E-state index in [0.717, 1.165) is 0 Å². The Bertz CT molecular complexity index is 633. The van der Waals surface area contributed by atoms with Crippen LogP contribution in [0.1, 0.15) is 27.7 Å². The molecule has 0 atom stereocenters. The summed E-state index contributed by atoms with van der Waals surface area (Å²) in [4.78, 5) is 31.2. The van der Waals surface area contributed by atoms with Gasteiger partial charge in [0.1, 0.15) is 22.9 Å². The van der Waals surface area contributed by atoms with Crippen molar-refractivity contribution in [2.45, 2.75) is 20.0 Å². The third kappa shape index (κ3) is 3.62. The number of aromatic nitrogens is 2. The number of carbonyl (C=O) groups excluding carboxylic acids is 1. The SMILES string of the molecule is Cc1oc(CNC(=O)N(C)Cc2ncc[nH]2)cc1C(=O)O. The first kappa shape index (κ1) is 14.6. The highest BCUT2D eigenvalue weighted by Gasteiger charge is 2.15. The van der Waals surface area contributed by atoms with Crippen LogP contribution in [0, 0.1) is 6.92 Å². The molecule has 21 heavy (non-hydrogen) atoms. The van der Waals surface area contributed by atoms with Gasteiger partial charge in [0.2, 0.25) is 0 Å². The molecule has 0 saturated carbocycles. The van der Waals surface area contributed by atoms with Gasteiger partial charge in [0.15, 0.2) is 0 Å². The van der Waals surface area contributed by atoms with E-state index in [0.29, 0.717) is 23.9 Å². The molecule has 0 aliphatic heterocycles. The quantitative estimate of drug-likeness (QED) is 0.770. The molecule has 0 aliphatic rings. The number of nitrogens with one attached hydrogen (secondary N) is 2. The maximum atomic E-state index is 11.9. The minimum Gasteiger partial charge on any atom is -0.478 e. The van der Waals surface area contributed by atoms with Gasteiger partial charge < -0.3 is 24.7 Å². The van der Waals surface area contributed by atoms with Crippen molar-refractivity contribution in [3.63, 3.8) is 0 Å². The Morgan fingerprint density at radius 3 is 2.86 bits per heavy atom. The molecule has 8 nitrogen and oxygen atoms in total. The van der Waals surface area contributed by atoms with Crippen LogP contribution in [0.2, 0.25) is 0 Å². The summed E-state index contributed by atoms with van der Waals surface area (Å²) in [6, 6.07) is 1.10. The highest BCUT2D eigenvalue weighted by atomic mass is 16.4. The fraction of sp³-hybridized carbons (Fsp3) is 0.308. The number of aromatic amines is 1. The number of rotatable bonds is 5. The minimum absolute atomic E-state index is 0.100. The minimum atomic E-state index is -1.05. The van der Waals surface area contributed by atoms with Gasteiger partial charge in [-0.05, 0) is 13.0 Å². The Kier molecular flexibility index (Phi) is 4.27. The fourth-order valence-corrected chi connectivity index (χ4v) is 1.82. The van der Waals surface area contributed by atoms with Gasteiger partial charge >= 0.3 is 12.0 Å². The number of imidazole rings is 1. The summed E-state index contributed by atoms with van der Waals surface area (Å²) in [5.41, 5.74) is 0.100. The molecule has 8 heteroatoms. The van der Waals surface area contributed by atoms with Crippen LogP contribution in [0.4, 0.5) is 4.79 Å². The second-order valence-corrected chi connectivity index (χ2v) is 4.54. The van der Waals surface area contributed by atoms with E-state index in [2.05, 4.69) is 15.3 Å². The van der Waals surface area contributed by atoms with Crippen LogP contribution < -0.4 is 5.32 Å². The van der Waals surface area contributed by atoms with Crippen molar-refractivity contribution in [1.29, 1.82) is 0 Å². The van der Waals surface area contributed by atoms with Crippen molar-refractivity contribution in [3.05, 3.63) is 41.4 Å². The van der Waals surface area contributed by atoms with Crippen molar-refractivity contribution < 1.29 is 19.1 Å². The number of carbonyl (C=O) groups is 2. The first-order valence-electron chi connectivity index (χ1n) is 6.27. The maximum absolute atomic E-state index is 11.9. The number of carboxylic acids is 1. The number of furan rings is 1. The number of urea groups is 1. The number of amides is 2. The lowest BCUT2D eigenvalue weighted by Gasteiger charge is -2.16. The van der Waals surface area contributed by atoms with Gasteiger partial charge in [-0.1, -0.05) is 0 Å². The van der Waals surface area contributed by atoms with E-state index in [1.54, 1.807) is 26.4 Å². The zero-order chi connectivity index (χ0) is 15.4. The van der Waals surface area contributed by atoms with E-state index >= 15 is 0 Å². The Labute approximate surface area is 120 Å². The van der Waals surface area contributed by atoms with Gasteiger partial charge in [-0.15, -0.1) is 0 Å². The molecule has 0 saturated heterocycles. The third-order valence-electron chi connectivity index (χ3n) is 2.90. The van der Waals surface area contributed by atoms with Gasteiger partial charge in [-0.3, -0.25) is 0 Å². The van der Waals surface area contributed by atoms with Crippen LogP contribution in [0.15, 0.2) is 22.9 Å². The number of carboxylic acid groups (broad SMARTS) is 1. The maximum Gasteiger partial charge on any atom is 0.339 e. The van der Waals surface area contributed by atoms with E-state index in [9.17, 15) is 9.59 Å². The number of aromatic carboxylic acids is 1. The van der Waals surface area contributed by atoms with Crippen molar-refractivity contribution in [2.24, 2.45) is 0 Å². The first-order valence-corrected chi connectivity index (χ1v) is 6.27. The zero-order valence-corrected chi connectivity index (χ0v) is 11.7. The van der Waals surface area contributed by atoms with Crippen LogP contribution in [0.25, 0.3) is 0 Å². The van der Waals surface area contributed by atoms with E-state index in [4.69, 9.17) is 9.52 Å². The second kappa shape index (κ2) is 6.12. The molecule has 0 radical (unpaired) electrons. The average Bonchev–Trinajstić information content (AvgIpc) is 3.05. The number of hydrogen-bond donors (Lipinski definition) is 3. The number of H-pyrrole nitrogens is 1. The Morgan fingerprint density at radius 2 is 2.29 bits per heavy atom. The Morgan fingerprint density at radius 1 is 1.52 bits per heavy atom. The largest absolute Gasteiger partial charge is 0.478 e. The molecule has 3 N–H and O–H groups in total. The summed E-state index contributed by atoms with van der Waals surface area (Å²) in [6.07, 6.45) is 3.29. The summed E-state index contributed by atoms with van der Waals surface area (Å²) in [6.45, 7) is 2.03. The molecule has 0 spiro atoms. The number of hydrogen-bond acceptors (Lipinski definition) is 4. The number of aryl methyl sites for hydroxylation is 1. The highest BCUT2D eigenvalue weighted by molar-refractivity contribution is 5.88. The van der Waals surface area contributed by atoms with Gasteiger partial charge in [0.05, 0.1) is 13.1 Å². The summed E-state index contributed by atoms with van der Waals surface area (Å²) >= 11 is 0. The third-order valence-corrected chi connectivity index (χ3v) is 2.90. The molecule has 2 amide bonds. The first-order chi connectivity index (χ1) is 9.97. The molecule has 0 unspecified atom stereocenters. The monoisotopic (exact) mass is 292 g/mol. The Hall–Kier alpha value is -2.77. The Balaban J connectivity index is 1.88. The van der Waals surface area contributed by atoms with Crippen molar-refractivity contribution in [3.8, 4) is 0 Å². The summed E-state index contributed by atoms with van der Waals surface area (Å²) in [5.74, 6) is 0.332. The average molecular weight is 292 g/mol. The standard InChI is InChI=1S/C13H16N4O4/c1-8-10(12(18)19)5-9(21-8)6-16-13(20)17(2)7-11-14-3-4-15-11/h3-5H,6-7H2,1-2H3,(H,14,15)(H,16,20)(H,18,19). The summed E-state index contributed by atoms with van der Waals surface area (Å²) in [7, 11) is 1.63. The van der Waals surface area contributed by atoms with E-state index in [-0.39, 0.29) is 18.1 Å². The molecule has 2 aromatic rings. The van der Waals surface area contributed by atoms with Crippen molar-refractivity contribution >= 4 is 12.0 Å². The zero-order valence-electron chi connectivity index (χ0n) is 11.7. The van der Waals surface area contributed by atoms with Gasteiger partial charge in [0.25, 0.3) is 0 Å². The van der Waals surface area contributed by atoms with Crippen LogP contribution in [0.5, 0.6) is 0 Å². The highest BCUT2D eigenvalue weighted by Crippen LogP contribution is 2.14. The van der Waals surface area contributed by atoms with Crippen LogP contribution >= 0.6 is 0 Å². The molecule has 112 valence electrons. The molecule has 0 fully saturated rings. The summed E-state index contributed by atoms with van der Waals surface area (Å²) < 4.78 is 5.28. The van der Waals surface area contributed by atoms with Gasteiger partial charge in [-0.2, -0.15) is 0 Å². The lowest BCUT2D eigenvalue weighted by Crippen LogP contribution is -2.36. The molecular weight excluding hydrogens is 276 g/mol. The van der Waals surface area contributed by atoms with Crippen molar-refractivity contribution in [1.82, 2.24) is 20.2 Å². The van der Waals surface area contributed by atoms with Crippen LogP contribution in [-0.4, -0.2) is 39.0 Å². The van der Waals surface area contributed by atoms with Gasteiger partial charge in [0, 0.05) is 19.4 Å². The predicted molar refractivity (Wildman–Crippen MR) is 72.7 cm³/mol. The lowest BCUT2D eigenvalue weighted by atomic mass is 10.2. The van der Waals surface area contributed by atoms with E-state index < -0.39 is 5.97 Å². The topological polar surface area (TPSA) is 111 Å².